The molecule has 2 aromatic rings. The summed E-state index contributed by atoms with van der Waals surface area (Å²) >= 11 is 0. The Morgan fingerprint density at radius 3 is 2.00 bits per heavy atom. The van der Waals surface area contributed by atoms with Crippen LogP contribution in [-0.4, -0.2) is 23.7 Å². The molecule has 1 aliphatic rings. The largest absolute Gasteiger partial charge is 0.260 e. The molecule has 0 N–H and O–H groups in total. The lowest BCUT2D eigenvalue weighted by Gasteiger charge is -2.22. The molecular formula is C15H11F5N2O2S. The van der Waals surface area contributed by atoms with E-state index in [1.165, 1.54) is 12.3 Å². The van der Waals surface area contributed by atoms with E-state index in [2.05, 4.69) is 4.98 Å². The first kappa shape index (κ1) is 17.7. The van der Waals surface area contributed by atoms with Crippen LogP contribution in [0.15, 0.2) is 29.3 Å². The number of pyridine rings is 1. The molecule has 0 saturated heterocycles. The molecule has 0 unspecified atom stereocenters. The third kappa shape index (κ3) is 3.11. The molecule has 1 aromatic carbocycles. The summed E-state index contributed by atoms with van der Waals surface area (Å²) < 4.78 is 93.8. The van der Waals surface area contributed by atoms with Crippen molar-refractivity contribution in [3.05, 3.63) is 59.2 Å². The van der Waals surface area contributed by atoms with Gasteiger partial charge in [-0.3, -0.25) is 4.98 Å². The van der Waals surface area contributed by atoms with Gasteiger partial charge >= 0.3 is 0 Å². The van der Waals surface area contributed by atoms with Crippen molar-refractivity contribution in [2.75, 3.05) is 0 Å². The zero-order valence-electron chi connectivity index (χ0n) is 12.5. The quantitative estimate of drug-likeness (QED) is 0.456. The maximum Gasteiger partial charge on any atom is 0.249 e. The standard InChI is InChI=1S/C15H11F5N2O2S/c16-10-11(17)13(19)15(14(20)12(10)18)25(23,24)22(9-4-5-9)7-8-3-1-2-6-21-8/h1-3,6,9H,4-5,7H2. The molecule has 1 saturated carbocycles. The predicted octanol–water partition coefficient (Wildman–Crippen LogP) is 3.13. The molecule has 1 fully saturated rings. The second-order valence-electron chi connectivity index (χ2n) is 5.50. The molecular weight excluding hydrogens is 367 g/mol. The predicted molar refractivity (Wildman–Crippen MR) is 76.2 cm³/mol. The third-order valence-electron chi connectivity index (χ3n) is 3.73. The summed E-state index contributed by atoms with van der Waals surface area (Å²) in [5.74, 6) is -11.8. The van der Waals surface area contributed by atoms with Crippen molar-refractivity contribution < 1.29 is 30.4 Å². The van der Waals surface area contributed by atoms with Gasteiger partial charge < -0.3 is 0 Å². The Labute approximate surface area is 140 Å². The molecule has 134 valence electrons. The van der Waals surface area contributed by atoms with Crippen LogP contribution in [0.3, 0.4) is 0 Å². The van der Waals surface area contributed by atoms with Gasteiger partial charge in [-0.25, -0.2) is 30.4 Å². The van der Waals surface area contributed by atoms with Gasteiger partial charge in [-0.15, -0.1) is 0 Å². The number of sulfonamides is 1. The van der Waals surface area contributed by atoms with Crippen LogP contribution in [-0.2, 0) is 16.6 Å². The Bertz CT molecular complexity index is 888. The van der Waals surface area contributed by atoms with Crippen molar-refractivity contribution >= 4 is 10.0 Å². The maximum atomic E-state index is 13.9. The van der Waals surface area contributed by atoms with Crippen LogP contribution < -0.4 is 0 Å². The molecule has 10 heteroatoms. The zero-order chi connectivity index (χ0) is 18.4. The minimum Gasteiger partial charge on any atom is -0.260 e. The van der Waals surface area contributed by atoms with Gasteiger partial charge in [-0.2, -0.15) is 4.31 Å². The highest BCUT2D eigenvalue weighted by Gasteiger charge is 2.43. The number of halogens is 5. The summed E-state index contributed by atoms with van der Waals surface area (Å²) in [5, 5.41) is 0. The second kappa shape index (κ2) is 6.34. The summed E-state index contributed by atoms with van der Waals surface area (Å²) in [7, 11) is -4.96. The highest BCUT2D eigenvalue weighted by molar-refractivity contribution is 7.89. The molecule has 0 aliphatic heterocycles. The molecule has 3 rings (SSSR count). The Balaban J connectivity index is 2.11. The SMILES string of the molecule is O=S(=O)(c1c(F)c(F)c(F)c(F)c1F)N(Cc1ccccn1)C1CC1. The number of nitrogens with zero attached hydrogens (tertiary/aromatic N) is 2. The van der Waals surface area contributed by atoms with E-state index in [0.717, 1.165) is 0 Å². The van der Waals surface area contributed by atoms with E-state index in [-0.39, 0.29) is 12.2 Å². The minimum atomic E-state index is -4.96. The topological polar surface area (TPSA) is 50.3 Å². The van der Waals surface area contributed by atoms with Gasteiger partial charge in [0.05, 0.1) is 12.2 Å². The van der Waals surface area contributed by atoms with Crippen LogP contribution >= 0.6 is 0 Å². The summed E-state index contributed by atoms with van der Waals surface area (Å²) in [4.78, 5) is 2.09. The van der Waals surface area contributed by atoms with E-state index in [1.54, 1.807) is 12.1 Å². The summed E-state index contributed by atoms with van der Waals surface area (Å²) in [6.07, 6.45) is 2.23. The van der Waals surface area contributed by atoms with Crippen LogP contribution in [0.4, 0.5) is 22.0 Å². The fourth-order valence-corrected chi connectivity index (χ4v) is 4.12. The maximum absolute atomic E-state index is 13.9. The van der Waals surface area contributed by atoms with Crippen LogP contribution in [0.1, 0.15) is 18.5 Å². The Kier molecular flexibility index (Phi) is 4.50. The smallest absolute Gasteiger partial charge is 0.249 e. The average Bonchev–Trinajstić information content (AvgIpc) is 3.41. The van der Waals surface area contributed by atoms with Gasteiger partial charge in [-0.05, 0) is 25.0 Å². The van der Waals surface area contributed by atoms with Crippen LogP contribution in [0.25, 0.3) is 0 Å². The average molecular weight is 378 g/mol. The van der Waals surface area contributed by atoms with Gasteiger partial charge in [0.2, 0.25) is 15.8 Å². The summed E-state index contributed by atoms with van der Waals surface area (Å²) in [6, 6.07) is 4.08. The van der Waals surface area contributed by atoms with Crippen molar-refractivity contribution in [3.8, 4) is 0 Å². The fraction of sp³-hybridized carbons (Fsp3) is 0.267. The highest BCUT2D eigenvalue weighted by atomic mass is 32.2. The van der Waals surface area contributed by atoms with E-state index in [1.807, 2.05) is 0 Å². The lowest BCUT2D eigenvalue weighted by atomic mass is 10.3. The van der Waals surface area contributed by atoms with Crippen molar-refractivity contribution in [3.63, 3.8) is 0 Å². The highest BCUT2D eigenvalue weighted by Crippen LogP contribution is 2.36. The molecule has 4 nitrogen and oxygen atoms in total. The van der Waals surface area contributed by atoms with Crippen LogP contribution in [0.2, 0.25) is 0 Å². The van der Waals surface area contributed by atoms with Gasteiger partial charge in [-0.1, -0.05) is 6.07 Å². The molecule has 0 bridgehead atoms. The van der Waals surface area contributed by atoms with Crippen molar-refractivity contribution in [2.24, 2.45) is 0 Å². The fourth-order valence-electron chi connectivity index (χ4n) is 2.35. The van der Waals surface area contributed by atoms with Gasteiger partial charge in [0, 0.05) is 12.2 Å². The van der Waals surface area contributed by atoms with Gasteiger partial charge in [0.1, 0.15) is 0 Å². The van der Waals surface area contributed by atoms with E-state index in [4.69, 9.17) is 0 Å². The first-order valence-corrected chi connectivity index (χ1v) is 8.62. The van der Waals surface area contributed by atoms with Crippen LogP contribution in [0, 0.1) is 29.1 Å². The lowest BCUT2D eigenvalue weighted by Crippen LogP contribution is -2.34. The van der Waals surface area contributed by atoms with E-state index < -0.39 is 50.0 Å². The van der Waals surface area contributed by atoms with Crippen LogP contribution in [0.5, 0.6) is 0 Å². The molecule has 1 aliphatic carbocycles. The molecule has 1 heterocycles. The second-order valence-corrected chi connectivity index (χ2v) is 7.33. The first-order chi connectivity index (χ1) is 11.7. The summed E-state index contributed by atoms with van der Waals surface area (Å²) in [6.45, 7) is -0.340. The number of hydrogen-bond acceptors (Lipinski definition) is 3. The third-order valence-corrected chi connectivity index (χ3v) is 5.65. The molecule has 0 radical (unpaired) electrons. The zero-order valence-corrected chi connectivity index (χ0v) is 13.3. The van der Waals surface area contributed by atoms with Gasteiger partial charge in [0.15, 0.2) is 28.2 Å². The molecule has 0 atom stereocenters. The van der Waals surface area contributed by atoms with E-state index in [0.29, 0.717) is 17.1 Å². The van der Waals surface area contributed by atoms with Crippen molar-refractivity contribution in [2.45, 2.75) is 30.3 Å². The Morgan fingerprint density at radius 1 is 0.960 bits per heavy atom. The van der Waals surface area contributed by atoms with E-state index >= 15 is 0 Å². The number of aromatic nitrogens is 1. The molecule has 0 spiro atoms. The Hall–Kier alpha value is -2.07. The molecule has 25 heavy (non-hydrogen) atoms. The molecule has 1 aromatic heterocycles. The number of benzene rings is 1. The number of hydrogen-bond donors (Lipinski definition) is 0. The Morgan fingerprint density at radius 2 is 1.52 bits per heavy atom. The van der Waals surface area contributed by atoms with Crippen molar-refractivity contribution in [1.82, 2.24) is 9.29 Å². The van der Waals surface area contributed by atoms with Gasteiger partial charge in [0.25, 0.3) is 0 Å². The first-order valence-electron chi connectivity index (χ1n) is 7.18. The normalized spacial score (nSPS) is 15.0. The molecule has 0 amide bonds. The summed E-state index contributed by atoms with van der Waals surface area (Å²) in [5.41, 5.74) is 0.279. The van der Waals surface area contributed by atoms with E-state index in [9.17, 15) is 30.4 Å². The minimum absolute atomic E-state index is 0.279. The lowest BCUT2D eigenvalue weighted by molar-refractivity contribution is 0.345. The van der Waals surface area contributed by atoms with Crippen molar-refractivity contribution in [1.29, 1.82) is 0 Å². The number of rotatable bonds is 5. The monoisotopic (exact) mass is 378 g/mol.